The smallest absolute Gasteiger partial charge is 0.142 e. The van der Waals surface area contributed by atoms with Gasteiger partial charge in [-0.25, -0.2) is 4.21 Å². The first-order valence-electron chi connectivity index (χ1n) is 5.49. The second-order valence-corrected chi connectivity index (χ2v) is 7.83. The van der Waals surface area contributed by atoms with Gasteiger partial charge < -0.3 is 0 Å². The van der Waals surface area contributed by atoms with Gasteiger partial charge in [-0.3, -0.25) is 0 Å². The van der Waals surface area contributed by atoms with Gasteiger partial charge in [-0.15, -0.1) is 11.8 Å². The standard InChI is InChI=1S/C12H14BrNOS2/c1-8(2)17(15)14-11-5-6-16-12-4-3-9(13)7-10(11)12/h3-4,7-8H,5-6H2,1-2H3. The second kappa shape index (κ2) is 5.67. The third-order valence-corrected chi connectivity index (χ3v) is 5.23. The molecule has 1 aromatic carbocycles. The minimum atomic E-state index is -1.12. The highest BCUT2D eigenvalue weighted by atomic mass is 79.9. The Kier molecular flexibility index (Phi) is 4.44. The van der Waals surface area contributed by atoms with Crippen molar-refractivity contribution in [2.45, 2.75) is 30.4 Å². The number of nitrogens with zero attached hydrogens (tertiary/aromatic N) is 1. The van der Waals surface area contributed by atoms with Crippen LogP contribution in [0.3, 0.4) is 0 Å². The van der Waals surface area contributed by atoms with E-state index in [2.05, 4.69) is 32.5 Å². The van der Waals surface area contributed by atoms with E-state index in [1.54, 1.807) is 0 Å². The molecule has 0 aliphatic carbocycles. The minimum absolute atomic E-state index is 0.0766. The molecule has 1 aromatic rings. The molecule has 1 aliphatic heterocycles. The number of hydrogen-bond donors (Lipinski definition) is 0. The molecule has 0 aromatic heterocycles. The zero-order chi connectivity index (χ0) is 12.4. The van der Waals surface area contributed by atoms with Crippen molar-refractivity contribution in [1.82, 2.24) is 0 Å². The predicted molar refractivity (Wildman–Crippen MR) is 79.3 cm³/mol. The molecule has 1 heterocycles. The molecule has 0 fully saturated rings. The Hall–Kier alpha value is -0.130. The Balaban J connectivity index is 2.40. The summed E-state index contributed by atoms with van der Waals surface area (Å²) in [7, 11) is -1.12. The van der Waals surface area contributed by atoms with Crippen LogP contribution in [0.15, 0.2) is 32.0 Å². The SMILES string of the molecule is CC(C)S(=O)N=C1CCSc2ccc(Br)cc21. The lowest BCUT2D eigenvalue weighted by molar-refractivity contribution is 0.678. The molecule has 2 rings (SSSR count). The third-order valence-electron chi connectivity index (χ3n) is 2.45. The van der Waals surface area contributed by atoms with Crippen LogP contribution in [-0.2, 0) is 11.0 Å². The molecule has 1 unspecified atom stereocenters. The van der Waals surface area contributed by atoms with Gasteiger partial charge in [0.2, 0.25) is 0 Å². The average molecular weight is 332 g/mol. The van der Waals surface area contributed by atoms with E-state index in [4.69, 9.17) is 0 Å². The van der Waals surface area contributed by atoms with Gasteiger partial charge in [0, 0.05) is 27.1 Å². The van der Waals surface area contributed by atoms with Crippen molar-refractivity contribution < 1.29 is 4.21 Å². The summed E-state index contributed by atoms with van der Waals surface area (Å²) in [5, 5.41) is 0.0766. The van der Waals surface area contributed by atoms with E-state index in [1.807, 2.05) is 31.7 Å². The second-order valence-electron chi connectivity index (χ2n) is 4.10. The number of thioether (sulfide) groups is 1. The largest absolute Gasteiger partial charge is 0.235 e. The molecule has 0 bridgehead atoms. The van der Waals surface area contributed by atoms with Crippen LogP contribution in [0.2, 0.25) is 0 Å². The van der Waals surface area contributed by atoms with Crippen molar-refractivity contribution in [2.24, 2.45) is 4.40 Å². The van der Waals surface area contributed by atoms with Gasteiger partial charge in [0.05, 0.1) is 11.0 Å². The van der Waals surface area contributed by atoms with Crippen molar-refractivity contribution in [3.05, 3.63) is 28.2 Å². The summed E-state index contributed by atoms with van der Waals surface area (Å²) in [6.45, 7) is 3.86. The number of halogens is 1. The summed E-state index contributed by atoms with van der Waals surface area (Å²) >= 11 is 5.31. The summed E-state index contributed by atoms with van der Waals surface area (Å²) in [6, 6.07) is 6.20. The molecule has 0 spiro atoms. The molecule has 0 amide bonds. The third kappa shape index (κ3) is 3.20. The first-order valence-corrected chi connectivity index (χ1v) is 8.44. The maximum atomic E-state index is 11.8. The summed E-state index contributed by atoms with van der Waals surface area (Å²) in [4.78, 5) is 1.24. The van der Waals surface area contributed by atoms with Gasteiger partial charge in [-0.05, 0) is 32.0 Å². The Bertz CT molecular complexity index is 485. The Labute approximate surface area is 117 Å². The fraction of sp³-hybridized carbons (Fsp3) is 0.417. The zero-order valence-electron chi connectivity index (χ0n) is 9.77. The van der Waals surface area contributed by atoms with Crippen molar-refractivity contribution in [3.8, 4) is 0 Å². The van der Waals surface area contributed by atoms with Gasteiger partial charge in [0.1, 0.15) is 11.0 Å². The predicted octanol–water partition coefficient (Wildman–Crippen LogP) is 3.81. The Morgan fingerprint density at radius 2 is 2.24 bits per heavy atom. The van der Waals surface area contributed by atoms with Crippen LogP contribution in [0, 0.1) is 0 Å². The van der Waals surface area contributed by atoms with Crippen molar-refractivity contribution >= 4 is 44.4 Å². The van der Waals surface area contributed by atoms with Crippen molar-refractivity contribution in [3.63, 3.8) is 0 Å². The van der Waals surface area contributed by atoms with E-state index in [9.17, 15) is 4.21 Å². The van der Waals surface area contributed by atoms with Crippen LogP contribution in [0.5, 0.6) is 0 Å². The van der Waals surface area contributed by atoms with E-state index in [0.717, 1.165) is 27.9 Å². The quantitative estimate of drug-likeness (QED) is 0.824. The minimum Gasteiger partial charge on any atom is -0.235 e. The maximum absolute atomic E-state index is 11.8. The van der Waals surface area contributed by atoms with Gasteiger partial charge in [0.15, 0.2) is 0 Å². The van der Waals surface area contributed by atoms with Gasteiger partial charge >= 0.3 is 0 Å². The molecule has 92 valence electrons. The number of benzene rings is 1. The normalized spacial score (nSPS) is 19.4. The number of rotatable bonds is 2. The van der Waals surface area contributed by atoms with Crippen molar-refractivity contribution in [1.29, 1.82) is 0 Å². The maximum Gasteiger partial charge on any atom is 0.142 e. The number of hydrogen-bond acceptors (Lipinski definition) is 2. The fourth-order valence-corrected chi connectivity index (χ4v) is 3.55. The van der Waals surface area contributed by atoms with Gasteiger partial charge in [-0.1, -0.05) is 15.9 Å². The van der Waals surface area contributed by atoms with Crippen molar-refractivity contribution in [2.75, 3.05) is 5.75 Å². The highest BCUT2D eigenvalue weighted by molar-refractivity contribution is 9.10. The summed E-state index contributed by atoms with van der Waals surface area (Å²) in [5.41, 5.74) is 2.11. The van der Waals surface area contributed by atoms with Crippen LogP contribution in [0.4, 0.5) is 0 Å². The van der Waals surface area contributed by atoms with Crippen LogP contribution >= 0.6 is 27.7 Å². The molecule has 0 saturated heterocycles. The lowest BCUT2D eigenvalue weighted by Gasteiger charge is -2.17. The monoisotopic (exact) mass is 331 g/mol. The molecule has 2 nitrogen and oxygen atoms in total. The van der Waals surface area contributed by atoms with Crippen LogP contribution in [0.25, 0.3) is 0 Å². The molecule has 1 atom stereocenters. The fourth-order valence-electron chi connectivity index (χ4n) is 1.55. The highest BCUT2D eigenvalue weighted by Gasteiger charge is 2.17. The van der Waals surface area contributed by atoms with E-state index in [-0.39, 0.29) is 5.25 Å². The first kappa shape index (κ1) is 13.3. The molecule has 0 radical (unpaired) electrons. The molecule has 5 heteroatoms. The van der Waals surface area contributed by atoms with Crippen LogP contribution in [0.1, 0.15) is 25.8 Å². The Morgan fingerprint density at radius 3 is 2.94 bits per heavy atom. The van der Waals surface area contributed by atoms with E-state index >= 15 is 0 Å². The lowest BCUT2D eigenvalue weighted by Crippen LogP contribution is -2.13. The molecular formula is C12H14BrNOS2. The molecule has 1 aliphatic rings. The first-order chi connectivity index (χ1) is 8.08. The summed E-state index contributed by atoms with van der Waals surface area (Å²) in [6.07, 6.45) is 0.895. The topological polar surface area (TPSA) is 29.4 Å². The summed E-state index contributed by atoms with van der Waals surface area (Å²) in [5.74, 6) is 1.02. The molecule has 0 N–H and O–H groups in total. The van der Waals surface area contributed by atoms with Gasteiger partial charge in [-0.2, -0.15) is 4.40 Å². The molecule has 17 heavy (non-hydrogen) atoms. The van der Waals surface area contributed by atoms with E-state index in [0.29, 0.717) is 0 Å². The molecule has 0 saturated carbocycles. The van der Waals surface area contributed by atoms with E-state index in [1.165, 1.54) is 4.90 Å². The number of fused-ring (bicyclic) bond motifs is 1. The average Bonchev–Trinajstić information content (AvgIpc) is 2.29. The van der Waals surface area contributed by atoms with Gasteiger partial charge in [0.25, 0.3) is 0 Å². The van der Waals surface area contributed by atoms with E-state index < -0.39 is 11.0 Å². The Morgan fingerprint density at radius 1 is 1.47 bits per heavy atom. The molecular weight excluding hydrogens is 318 g/mol. The highest BCUT2D eigenvalue weighted by Crippen LogP contribution is 2.32. The summed E-state index contributed by atoms with van der Waals surface area (Å²) < 4.78 is 17.2. The zero-order valence-corrected chi connectivity index (χ0v) is 13.0. The lowest BCUT2D eigenvalue weighted by atomic mass is 10.1. The van der Waals surface area contributed by atoms with Crippen LogP contribution in [-0.4, -0.2) is 20.9 Å². The van der Waals surface area contributed by atoms with Crippen LogP contribution < -0.4 is 0 Å².